The quantitative estimate of drug-likeness (QED) is 0.826. The van der Waals surface area contributed by atoms with Crippen LogP contribution < -0.4 is 10.1 Å². The first-order valence-corrected chi connectivity index (χ1v) is 7.50. The third kappa shape index (κ3) is 5.12. The van der Waals surface area contributed by atoms with E-state index in [2.05, 4.69) is 36.3 Å². The summed E-state index contributed by atoms with van der Waals surface area (Å²) in [5.41, 5.74) is 1.28. The Morgan fingerprint density at radius 3 is 2.85 bits per heavy atom. The summed E-state index contributed by atoms with van der Waals surface area (Å²) in [7, 11) is 2.14. The third-order valence-electron chi connectivity index (χ3n) is 3.44. The molecule has 0 spiro atoms. The predicted octanol–water partition coefficient (Wildman–Crippen LogP) is 1.90. The lowest BCUT2D eigenvalue weighted by Gasteiger charge is -2.30. The fraction of sp³-hybridized carbons (Fsp3) is 0.625. The molecule has 1 atom stereocenters. The number of hydrogen-bond acceptors (Lipinski definition) is 4. The molecule has 4 heteroatoms. The number of ether oxygens (including phenoxy) is 2. The van der Waals surface area contributed by atoms with E-state index in [-0.39, 0.29) is 0 Å². The Balaban J connectivity index is 1.68. The second-order valence-electron chi connectivity index (χ2n) is 5.38. The van der Waals surface area contributed by atoms with Crippen LogP contribution in [0.15, 0.2) is 24.3 Å². The number of hydrogen-bond donors (Lipinski definition) is 1. The van der Waals surface area contributed by atoms with Gasteiger partial charge in [0.1, 0.15) is 5.75 Å². The summed E-state index contributed by atoms with van der Waals surface area (Å²) in [5, 5.41) is 3.46. The number of morpholine rings is 1. The number of benzene rings is 1. The molecule has 1 saturated heterocycles. The smallest absolute Gasteiger partial charge is 0.119 e. The predicted molar refractivity (Wildman–Crippen MR) is 81.2 cm³/mol. The van der Waals surface area contributed by atoms with Crippen molar-refractivity contribution in [2.45, 2.75) is 26.0 Å². The molecule has 1 heterocycles. The molecule has 1 fully saturated rings. The van der Waals surface area contributed by atoms with Crippen LogP contribution in [0.4, 0.5) is 0 Å². The number of nitrogens with zero attached hydrogens (tertiary/aromatic N) is 1. The number of nitrogens with one attached hydrogen (secondary N) is 1. The molecule has 0 bridgehead atoms. The first kappa shape index (κ1) is 15.3. The Labute approximate surface area is 122 Å². The van der Waals surface area contributed by atoms with Crippen LogP contribution in [0.5, 0.6) is 5.75 Å². The van der Waals surface area contributed by atoms with Crippen molar-refractivity contribution >= 4 is 0 Å². The minimum Gasteiger partial charge on any atom is -0.494 e. The highest BCUT2D eigenvalue weighted by Gasteiger charge is 2.16. The van der Waals surface area contributed by atoms with Crippen molar-refractivity contribution < 1.29 is 9.47 Å². The lowest BCUT2D eigenvalue weighted by Crippen LogP contribution is -2.44. The van der Waals surface area contributed by atoms with E-state index in [4.69, 9.17) is 9.47 Å². The number of likely N-dealkylation sites (N-methyl/N-ethyl adjacent to an activating group) is 1. The van der Waals surface area contributed by atoms with Crippen LogP contribution in [0.3, 0.4) is 0 Å². The van der Waals surface area contributed by atoms with E-state index >= 15 is 0 Å². The molecular formula is C16H26N2O2. The van der Waals surface area contributed by atoms with Gasteiger partial charge in [-0.25, -0.2) is 0 Å². The normalized spacial score (nSPS) is 20.0. The van der Waals surface area contributed by atoms with Crippen LogP contribution in [-0.4, -0.2) is 50.9 Å². The van der Waals surface area contributed by atoms with Crippen LogP contribution >= 0.6 is 0 Å². The van der Waals surface area contributed by atoms with E-state index < -0.39 is 0 Å². The molecule has 20 heavy (non-hydrogen) atoms. The van der Waals surface area contributed by atoms with E-state index in [0.29, 0.717) is 6.10 Å². The van der Waals surface area contributed by atoms with Gasteiger partial charge in [0.2, 0.25) is 0 Å². The highest BCUT2D eigenvalue weighted by Crippen LogP contribution is 2.12. The Kier molecular flexibility index (Phi) is 6.30. The summed E-state index contributed by atoms with van der Waals surface area (Å²) < 4.78 is 11.3. The first-order chi connectivity index (χ1) is 9.78. The molecule has 2 rings (SSSR count). The summed E-state index contributed by atoms with van der Waals surface area (Å²) in [6.45, 7) is 7.56. The molecule has 0 amide bonds. The molecule has 4 nitrogen and oxygen atoms in total. The van der Waals surface area contributed by atoms with Crippen molar-refractivity contribution in [3.63, 3.8) is 0 Å². The lowest BCUT2D eigenvalue weighted by molar-refractivity contribution is -0.0182. The average molecular weight is 278 g/mol. The van der Waals surface area contributed by atoms with Crippen LogP contribution in [0.2, 0.25) is 0 Å². The fourth-order valence-corrected chi connectivity index (χ4v) is 2.29. The minimum atomic E-state index is 0.306. The fourth-order valence-electron chi connectivity index (χ4n) is 2.29. The van der Waals surface area contributed by atoms with Gasteiger partial charge in [-0.15, -0.1) is 0 Å². The summed E-state index contributed by atoms with van der Waals surface area (Å²) in [6.07, 6.45) is 1.35. The van der Waals surface area contributed by atoms with Gasteiger partial charge in [0.25, 0.3) is 0 Å². The average Bonchev–Trinajstić information content (AvgIpc) is 2.46. The summed E-state index contributed by atoms with van der Waals surface area (Å²) in [4.78, 5) is 2.32. The van der Waals surface area contributed by atoms with Crippen LogP contribution in [0, 0.1) is 0 Å². The van der Waals surface area contributed by atoms with E-state index in [9.17, 15) is 0 Å². The highest BCUT2D eigenvalue weighted by molar-refractivity contribution is 5.27. The Hall–Kier alpha value is -1.10. The van der Waals surface area contributed by atoms with Crippen molar-refractivity contribution in [3.8, 4) is 5.75 Å². The molecule has 1 aliphatic rings. The van der Waals surface area contributed by atoms with Gasteiger partial charge in [0.05, 0.1) is 19.3 Å². The number of rotatable bonds is 7. The van der Waals surface area contributed by atoms with Crippen molar-refractivity contribution in [1.82, 2.24) is 10.2 Å². The first-order valence-electron chi connectivity index (χ1n) is 7.50. The van der Waals surface area contributed by atoms with Crippen molar-refractivity contribution in [1.29, 1.82) is 0 Å². The highest BCUT2D eigenvalue weighted by atomic mass is 16.5. The van der Waals surface area contributed by atoms with Gasteiger partial charge >= 0.3 is 0 Å². The van der Waals surface area contributed by atoms with Crippen molar-refractivity contribution in [3.05, 3.63) is 29.8 Å². The van der Waals surface area contributed by atoms with E-state index in [1.807, 2.05) is 12.1 Å². The molecule has 112 valence electrons. The molecule has 0 saturated carbocycles. The topological polar surface area (TPSA) is 33.7 Å². The standard InChI is InChI=1S/C16H26N2O2/c1-3-9-19-15-6-4-14(5-7-15)11-17-12-16-13-18(2)8-10-20-16/h4-7,16-17H,3,8-13H2,1-2H3/t16-/m1/s1. The van der Waals surface area contributed by atoms with Gasteiger partial charge in [-0.3, -0.25) is 0 Å². The zero-order valence-corrected chi connectivity index (χ0v) is 12.6. The second kappa shape index (κ2) is 8.25. The van der Waals surface area contributed by atoms with Crippen LogP contribution in [0.25, 0.3) is 0 Å². The Morgan fingerprint density at radius 1 is 1.35 bits per heavy atom. The van der Waals surface area contributed by atoms with Gasteiger partial charge in [0, 0.05) is 26.2 Å². The van der Waals surface area contributed by atoms with E-state index in [0.717, 1.165) is 51.6 Å². The molecule has 1 aromatic rings. The largest absolute Gasteiger partial charge is 0.494 e. The molecule has 0 aromatic heterocycles. The zero-order chi connectivity index (χ0) is 14.2. The summed E-state index contributed by atoms with van der Waals surface area (Å²) in [5.74, 6) is 0.952. The molecule has 0 unspecified atom stereocenters. The SMILES string of the molecule is CCCOc1ccc(CNC[C@@H]2CN(C)CCO2)cc1. The second-order valence-corrected chi connectivity index (χ2v) is 5.38. The van der Waals surface area contributed by atoms with Crippen LogP contribution in [-0.2, 0) is 11.3 Å². The molecule has 1 aromatic carbocycles. The van der Waals surface area contributed by atoms with Gasteiger partial charge in [-0.2, -0.15) is 0 Å². The van der Waals surface area contributed by atoms with Crippen molar-refractivity contribution in [2.24, 2.45) is 0 Å². The van der Waals surface area contributed by atoms with Crippen LogP contribution in [0.1, 0.15) is 18.9 Å². The summed E-state index contributed by atoms with van der Waals surface area (Å²) in [6, 6.07) is 8.31. The Bertz CT molecular complexity index is 381. The van der Waals surface area contributed by atoms with Crippen molar-refractivity contribution in [2.75, 3.05) is 39.9 Å². The Morgan fingerprint density at radius 2 is 2.15 bits per heavy atom. The lowest BCUT2D eigenvalue weighted by atomic mass is 10.2. The van der Waals surface area contributed by atoms with Gasteiger partial charge in [0.15, 0.2) is 0 Å². The molecule has 1 N–H and O–H groups in total. The zero-order valence-electron chi connectivity index (χ0n) is 12.6. The minimum absolute atomic E-state index is 0.306. The molecule has 0 aliphatic carbocycles. The summed E-state index contributed by atoms with van der Waals surface area (Å²) >= 11 is 0. The maximum absolute atomic E-state index is 5.73. The molecular weight excluding hydrogens is 252 g/mol. The van der Waals surface area contributed by atoms with E-state index in [1.165, 1.54) is 5.56 Å². The third-order valence-corrected chi connectivity index (χ3v) is 3.44. The maximum Gasteiger partial charge on any atom is 0.119 e. The maximum atomic E-state index is 5.73. The monoisotopic (exact) mass is 278 g/mol. The van der Waals surface area contributed by atoms with Gasteiger partial charge in [-0.1, -0.05) is 19.1 Å². The van der Waals surface area contributed by atoms with E-state index in [1.54, 1.807) is 0 Å². The molecule has 0 radical (unpaired) electrons. The van der Waals surface area contributed by atoms with Gasteiger partial charge in [-0.05, 0) is 31.2 Å². The molecule has 1 aliphatic heterocycles. The van der Waals surface area contributed by atoms with Gasteiger partial charge < -0.3 is 19.7 Å².